The van der Waals surface area contributed by atoms with Gasteiger partial charge in [-0.05, 0) is 187 Å². The maximum Gasteiger partial charge on any atom is 0.137 e. The third kappa shape index (κ3) is 10.0. The minimum absolute atomic E-state index is 0.0568. The molecule has 2 aliphatic rings. The quantitative estimate of drug-likeness (QED) is 0.129. The maximum absolute atomic E-state index is 9.16. The van der Waals surface area contributed by atoms with Crippen LogP contribution in [0.4, 0.5) is 22.7 Å². The summed E-state index contributed by atoms with van der Waals surface area (Å²) in [7, 11) is 0. The molecule has 0 spiro atoms. The van der Waals surface area contributed by atoms with Crippen LogP contribution in [0.3, 0.4) is 0 Å². The Hall–Kier alpha value is -10.2. The number of nitrogens with zero attached hydrogens (tertiary/aromatic N) is 4. The molecule has 0 fully saturated rings. The molecule has 1 aliphatic heterocycles. The number of para-hydroxylation sites is 2. The van der Waals surface area contributed by atoms with Gasteiger partial charge in [-0.1, -0.05) is 218 Å². The van der Waals surface area contributed by atoms with E-state index in [-0.39, 0.29) is 21.8 Å². The van der Waals surface area contributed by atoms with Crippen LogP contribution in [0.1, 0.15) is 87.7 Å². The molecule has 2 aromatic heterocycles. The first-order chi connectivity index (χ1) is 44.9. The van der Waals surface area contributed by atoms with Gasteiger partial charge in [0, 0.05) is 55.6 Å². The molecule has 1 aliphatic carbocycles. The zero-order valence-electron chi connectivity index (χ0n) is 55.2. The van der Waals surface area contributed by atoms with Gasteiger partial charge < -0.3 is 14.5 Å². The van der Waals surface area contributed by atoms with Crippen LogP contribution in [-0.4, -0.2) is 16.2 Å². The highest BCUT2D eigenvalue weighted by Crippen LogP contribution is 2.54. The molecule has 0 saturated heterocycles. The molecule has 0 bridgehead atoms. The average Bonchev–Trinajstić information content (AvgIpc) is 1.69. The van der Waals surface area contributed by atoms with E-state index in [9.17, 15) is 0 Å². The zero-order valence-corrected chi connectivity index (χ0v) is 52.2. The van der Waals surface area contributed by atoms with Crippen molar-refractivity contribution in [3.63, 3.8) is 0 Å². The monoisotopic (exact) mass is 1170 g/mol. The second kappa shape index (κ2) is 22.1. The maximum atomic E-state index is 9.16. The van der Waals surface area contributed by atoms with E-state index in [1.54, 1.807) is 6.07 Å². The Morgan fingerprint density at radius 3 is 1.66 bits per heavy atom. The van der Waals surface area contributed by atoms with Crippen molar-refractivity contribution in [1.29, 1.82) is 0 Å². The van der Waals surface area contributed by atoms with E-state index in [2.05, 4.69) is 299 Å². The Balaban J connectivity index is 0.852. The van der Waals surface area contributed by atoms with Gasteiger partial charge in [0.25, 0.3) is 0 Å². The molecule has 0 amide bonds. The highest BCUT2D eigenvalue weighted by molar-refractivity contribution is 6.16. The van der Waals surface area contributed by atoms with E-state index in [4.69, 9.17) is 13.8 Å². The minimum Gasteiger partial charge on any atom is -0.457 e. The van der Waals surface area contributed by atoms with E-state index in [1.165, 1.54) is 16.7 Å². The molecule has 13 aromatic rings. The van der Waals surface area contributed by atoms with Gasteiger partial charge in [-0.2, -0.15) is 0 Å². The number of ether oxygens (including phenoxy) is 1. The van der Waals surface area contributed by atoms with Gasteiger partial charge in [0.1, 0.15) is 24.0 Å². The van der Waals surface area contributed by atoms with E-state index in [1.807, 2.05) is 24.4 Å². The van der Waals surface area contributed by atoms with Crippen LogP contribution in [0.5, 0.6) is 11.5 Å². The Morgan fingerprint density at radius 1 is 0.444 bits per heavy atom. The average molecular weight is 1170 g/mol. The zero-order chi connectivity index (χ0) is 64.0. The summed E-state index contributed by atoms with van der Waals surface area (Å²) >= 11 is 0. The van der Waals surface area contributed by atoms with Crippen molar-refractivity contribution in [2.24, 2.45) is 0 Å². The third-order valence-corrected chi connectivity index (χ3v) is 19.0. The number of benzene rings is 11. The van der Waals surface area contributed by atoms with Crippen molar-refractivity contribution in [3.8, 4) is 84.1 Å². The van der Waals surface area contributed by atoms with Crippen LogP contribution in [0.2, 0.25) is 0 Å². The molecule has 0 N–H and O–H groups in total. The lowest BCUT2D eigenvalue weighted by Gasteiger charge is -2.43. The molecule has 3 heterocycles. The molecule has 0 atom stereocenters. The van der Waals surface area contributed by atoms with Gasteiger partial charge in [0.2, 0.25) is 0 Å². The number of fused-ring (bicyclic) bond motifs is 5. The Bertz CT molecular complexity index is 4950. The number of rotatable bonds is 11. The summed E-state index contributed by atoms with van der Waals surface area (Å²) in [5, 5.41) is 2.04. The fraction of sp³-hybridized carbons (Fsp3) is 0.165. The van der Waals surface area contributed by atoms with Crippen LogP contribution in [-0.2, 0) is 16.2 Å². The van der Waals surface area contributed by atoms with Gasteiger partial charge in [0.15, 0.2) is 0 Å². The number of aryl methyl sites for hydroxylation is 1. The van der Waals surface area contributed by atoms with E-state index in [0.29, 0.717) is 29.5 Å². The predicted molar refractivity (Wildman–Crippen MR) is 378 cm³/mol. The predicted octanol–water partition coefficient (Wildman–Crippen LogP) is 23.2. The summed E-state index contributed by atoms with van der Waals surface area (Å²) in [5.41, 5.74) is 22.6. The molecule has 11 aromatic carbocycles. The highest BCUT2D eigenvalue weighted by atomic mass is 16.5. The smallest absolute Gasteiger partial charge is 0.137 e. The van der Waals surface area contributed by atoms with Gasteiger partial charge in [-0.3, -0.25) is 4.57 Å². The number of pyridine rings is 1. The summed E-state index contributed by atoms with van der Waals surface area (Å²) in [6.45, 7) is 14.2. The van der Waals surface area contributed by atoms with Crippen molar-refractivity contribution in [2.45, 2.75) is 84.4 Å². The fourth-order valence-corrected chi connectivity index (χ4v) is 14.2. The Morgan fingerprint density at radius 2 is 1.00 bits per heavy atom. The Labute approximate surface area is 534 Å². The van der Waals surface area contributed by atoms with E-state index < -0.39 is 6.85 Å². The molecule has 440 valence electrons. The van der Waals surface area contributed by atoms with Crippen molar-refractivity contribution in [1.82, 2.24) is 9.55 Å². The largest absolute Gasteiger partial charge is 0.457 e. The van der Waals surface area contributed by atoms with Crippen molar-refractivity contribution in [2.75, 3.05) is 16.5 Å². The molecule has 0 radical (unpaired) electrons. The molecule has 90 heavy (non-hydrogen) atoms. The topological polar surface area (TPSA) is 33.5 Å². The first kappa shape index (κ1) is 52.9. The van der Waals surface area contributed by atoms with E-state index >= 15 is 0 Å². The fourth-order valence-electron chi connectivity index (χ4n) is 14.2. The van der Waals surface area contributed by atoms with Crippen molar-refractivity contribution >= 4 is 44.6 Å². The molecular formula is C85H74N4O. The lowest BCUT2D eigenvalue weighted by Crippen LogP contribution is -2.34. The number of anilines is 4. The number of aromatic nitrogens is 2. The summed E-state index contributed by atoms with van der Waals surface area (Å²) < 4.78 is 36.7. The highest BCUT2D eigenvalue weighted by Gasteiger charge is 2.39. The second-order valence-electron chi connectivity index (χ2n) is 26.8. The van der Waals surface area contributed by atoms with Crippen LogP contribution < -0.4 is 14.5 Å². The number of hydrogen-bond acceptors (Lipinski definition) is 4. The van der Waals surface area contributed by atoms with E-state index in [0.717, 1.165) is 119 Å². The van der Waals surface area contributed by atoms with Gasteiger partial charge >= 0.3 is 0 Å². The first-order valence-corrected chi connectivity index (χ1v) is 31.6. The first-order valence-electron chi connectivity index (χ1n) is 33.1. The molecule has 0 unspecified atom stereocenters. The number of hydrogen-bond donors (Lipinski definition) is 0. The minimum atomic E-state index is -2.45. The molecule has 5 heteroatoms. The van der Waals surface area contributed by atoms with Gasteiger partial charge in [-0.25, -0.2) is 4.98 Å². The molecule has 0 saturated carbocycles. The lowest BCUT2D eigenvalue weighted by molar-refractivity contribution is 0.333. The lowest BCUT2D eigenvalue weighted by atomic mass is 9.61. The van der Waals surface area contributed by atoms with Crippen molar-refractivity contribution < 1.29 is 8.85 Å². The van der Waals surface area contributed by atoms with Gasteiger partial charge in [-0.15, -0.1) is 0 Å². The van der Waals surface area contributed by atoms with Crippen LogP contribution in [0, 0.1) is 6.85 Å². The molecule has 15 rings (SSSR count). The summed E-state index contributed by atoms with van der Waals surface area (Å²) in [4.78, 5) is 10.2. The van der Waals surface area contributed by atoms with Gasteiger partial charge in [0.05, 0.1) is 28.1 Å². The van der Waals surface area contributed by atoms with Crippen LogP contribution >= 0.6 is 0 Å². The van der Waals surface area contributed by atoms with Crippen LogP contribution in [0.15, 0.2) is 267 Å². The molecule has 5 nitrogen and oxygen atoms in total. The van der Waals surface area contributed by atoms with Crippen molar-refractivity contribution in [3.05, 3.63) is 289 Å². The summed E-state index contributed by atoms with van der Waals surface area (Å²) in [6.07, 6.45) is 3.85. The second-order valence-corrected chi connectivity index (χ2v) is 26.8. The summed E-state index contributed by atoms with van der Waals surface area (Å²) in [5.74, 6) is 1.82. The SMILES string of the molecule is [2H]C([2H])([2H])c1cc(-n2c3cc(Oc4cccc(N5CN(c6c(-c7ccccc7)cc(C(C)(C)C)cc6-c6cc(-c7ccccc7)cc(-c7ccccc7)c6)c6ccccc65)c4)ccc3c3c(-c4ccccc4)cccc32)ncc1-c1cccc2c1C(C)(C)CCC2(C)C. The standard InChI is InChI=1S/C85H74N4O/c1-56-46-79(86-54-73(56)69-37-24-38-74-81(69)85(7,8)45-44-84(74,5)6)89-77-41-25-36-68(59-30-17-11-18-31-59)80(77)70-43-42-67(53-78(70)89)90-66-35-23-34-65(52-66)87-55-88(76-40-22-21-39-75(76)87)82-71(60-32-19-12-20-33-60)50-64(83(2,3)4)51-72(82)63-48-61(57-26-13-9-14-27-57)47-62(49-63)58-28-15-10-16-29-58/h9-43,46-54H,44-45,55H2,1-8H3/i1D3. The summed E-state index contributed by atoms with van der Waals surface area (Å²) in [6, 6.07) is 92.7. The molecular weight excluding hydrogens is 1090 g/mol. The third-order valence-electron chi connectivity index (χ3n) is 19.0. The normalized spacial score (nSPS) is 14.9. The Kier molecular flexibility index (Phi) is 13.0. The van der Waals surface area contributed by atoms with Crippen LogP contribution in [0.25, 0.3) is 94.4 Å².